The summed E-state index contributed by atoms with van der Waals surface area (Å²) in [5, 5.41) is 5.14. The largest absolute Gasteiger partial charge is 0.315 e. The molecule has 2 unspecified atom stereocenters. The van der Waals surface area contributed by atoms with Crippen LogP contribution in [0.15, 0.2) is 0 Å². The number of hydrazine groups is 1. The summed E-state index contributed by atoms with van der Waals surface area (Å²) < 4.78 is 0. The predicted octanol–water partition coefficient (Wildman–Crippen LogP) is -0.136. The van der Waals surface area contributed by atoms with Crippen LogP contribution in [0.1, 0.15) is 26.2 Å². The molecule has 0 aromatic heterocycles. The molecule has 0 radical (unpaired) electrons. The predicted molar refractivity (Wildman–Crippen MR) is 50.0 cm³/mol. The summed E-state index contributed by atoms with van der Waals surface area (Å²) in [4.78, 5) is 11.5. The summed E-state index contributed by atoms with van der Waals surface area (Å²) in [6, 6.07) is 0.681. The van der Waals surface area contributed by atoms with E-state index in [2.05, 4.69) is 10.7 Å². The van der Waals surface area contributed by atoms with E-state index in [1.807, 2.05) is 11.9 Å². The van der Waals surface area contributed by atoms with Crippen LogP contribution >= 0.6 is 0 Å². The number of rotatable bonds is 1. The van der Waals surface area contributed by atoms with Crippen molar-refractivity contribution >= 4 is 5.91 Å². The van der Waals surface area contributed by atoms with E-state index < -0.39 is 0 Å². The number of carbonyl (C=O) groups excluding carboxylic acids is 1. The van der Waals surface area contributed by atoms with Crippen molar-refractivity contribution in [1.29, 1.82) is 0 Å². The Balaban J connectivity index is 1.95. The third-order valence-electron chi connectivity index (χ3n) is 2.74. The third kappa shape index (κ3) is 1.84. The molecule has 13 heavy (non-hydrogen) atoms. The molecule has 0 bridgehead atoms. The molecule has 0 aliphatic carbocycles. The fraction of sp³-hybridized carbons (Fsp3) is 0.889. The molecule has 2 fully saturated rings. The van der Waals surface area contributed by atoms with Gasteiger partial charge in [-0.3, -0.25) is 9.80 Å². The molecule has 4 nitrogen and oxygen atoms in total. The molecule has 2 rings (SSSR count). The van der Waals surface area contributed by atoms with Gasteiger partial charge in [0.15, 0.2) is 0 Å². The van der Waals surface area contributed by atoms with Crippen LogP contribution in [0, 0.1) is 0 Å². The van der Waals surface area contributed by atoms with Gasteiger partial charge in [0.1, 0.15) is 0 Å². The molecular weight excluding hydrogens is 166 g/mol. The van der Waals surface area contributed by atoms with Gasteiger partial charge < -0.3 is 5.32 Å². The van der Waals surface area contributed by atoms with E-state index in [4.69, 9.17) is 0 Å². The van der Waals surface area contributed by atoms with E-state index in [0.717, 1.165) is 19.5 Å². The van der Waals surface area contributed by atoms with Gasteiger partial charge in [-0.25, -0.2) is 5.43 Å². The number of amides is 1. The Bertz CT molecular complexity index is 201. The van der Waals surface area contributed by atoms with Crippen LogP contribution in [-0.4, -0.2) is 36.1 Å². The number of hydrogen-bond donors (Lipinski definition) is 2. The summed E-state index contributed by atoms with van der Waals surface area (Å²) in [5.41, 5.74) is 3.22. The summed E-state index contributed by atoms with van der Waals surface area (Å²) in [6.45, 7) is 4.08. The second-order valence-corrected chi connectivity index (χ2v) is 4.00. The first-order chi connectivity index (χ1) is 6.27. The molecule has 2 heterocycles. The molecule has 74 valence electrons. The van der Waals surface area contributed by atoms with E-state index >= 15 is 0 Å². The van der Waals surface area contributed by atoms with Gasteiger partial charge >= 0.3 is 0 Å². The number of carbonyl (C=O) groups is 1. The highest BCUT2D eigenvalue weighted by atomic mass is 16.2. The molecule has 2 aliphatic heterocycles. The third-order valence-corrected chi connectivity index (χ3v) is 2.74. The number of hydrogen-bond acceptors (Lipinski definition) is 3. The monoisotopic (exact) mass is 183 g/mol. The topological polar surface area (TPSA) is 44.4 Å². The first-order valence-electron chi connectivity index (χ1n) is 5.06. The number of nitrogens with zero attached hydrogens (tertiary/aromatic N) is 1. The molecule has 1 amide bonds. The minimum absolute atomic E-state index is 0.251. The molecule has 0 aromatic rings. The van der Waals surface area contributed by atoms with Crippen LogP contribution in [0.2, 0.25) is 0 Å². The Morgan fingerprint density at radius 2 is 2.38 bits per heavy atom. The van der Waals surface area contributed by atoms with Crippen LogP contribution in [0.3, 0.4) is 0 Å². The lowest BCUT2D eigenvalue weighted by atomic mass is 10.1. The molecule has 0 aromatic carbocycles. The molecule has 2 aliphatic rings. The highest BCUT2D eigenvalue weighted by molar-refractivity contribution is 5.78. The first-order valence-corrected chi connectivity index (χ1v) is 5.06. The van der Waals surface area contributed by atoms with Gasteiger partial charge in [-0.05, 0) is 26.3 Å². The smallest absolute Gasteiger partial charge is 0.238 e. The zero-order valence-electron chi connectivity index (χ0n) is 8.05. The summed E-state index contributed by atoms with van der Waals surface area (Å²) >= 11 is 0. The van der Waals surface area contributed by atoms with Crippen molar-refractivity contribution in [3.05, 3.63) is 0 Å². The van der Waals surface area contributed by atoms with Gasteiger partial charge in [-0.1, -0.05) is 0 Å². The van der Waals surface area contributed by atoms with Crippen LogP contribution in [-0.2, 0) is 4.79 Å². The molecule has 0 saturated carbocycles. The lowest BCUT2D eigenvalue weighted by Crippen LogP contribution is -2.51. The minimum Gasteiger partial charge on any atom is -0.315 e. The number of nitrogens with one attached hydrogen (secondary N) is 2. The Morgan fingerprint density at radius 1 is 1.54 bits per heavy atom. The van der Waals surface area contributed by atoms with E-state index in [1.165, 1.54) is 6.42 Å². The quantitative estimate of drug-likeness (QED) is 0.595. The Hall–Kier alpha value is -0.610. The van der Waals surface area contributed by atoms with Crippen molar-refractivity contribution in [2.24, 2.45) is 0 Å². The normalized spacial score (nSPS) is 35.5. The molecular formula is C9H17N3O. The van der Waals surface area contributed by atoms with Crippen molar-refractivity contribution in [2.75, 3.05) is 13.1 Å². The fourth-order valence-corrected chi connectivity index (χ4v) is 2.08. The maximum Gasteiger partial charge on any atom is 0.238 e. The number of piperidine rings is 1. The molecule has 4 heteroatoms. The van der Waals surface area contributed by atoms with Gasteiger partial charge in [-0.2, -0.15) is 0 Å². The van der Waals surface area contributed by atoms with Crippen molar-refractivity contribution < 1.29 is 4.79 Å². The van der Waals surface area contributed by atoms with E-state index in [0.29, 0.717) is 18.5 Å². The van der Waals surface area contributed by atoms with E-state index in [-0.39, 0.29) is 5.91 Å². The minimum atomic E-state index is 0.251. The molecule has 2 saturated heterocycles. The van der Waals surface area contributed by atoms with Crippen molar-refractivity contribution in [1.82, 2.24) is 15.8 Å². The maximum absolute atomic E-state index is 11.5. The summed E-state index contributed by atoms with van der Waals surface area (Å²) in [6.07, 6.45) is 2.94. The van der Waals surface area contributed by atoms with Crippen molar-refractivity contribution in [3.63, 3.8) is 0 Å². The summed E-state index contributed by atoms with van der Waals surface area (Å²) in [5.74, 6) is 0.251. The van der Waals surface area contributed by atoms with Crippen molar-refractivity contribution in [3.8, 4) is 0 Å². The first kappa shape index (κ1) is 8.97. The lowest BCUT2D eigenvalue weighted by Gasteiger charge is -2.31. The zero-order chi connectivity index (χ0) is 9.26. The lowest BCUT2D eigenvalue weighted by molar-refractivity contribution is -0.132. The van der Waals surface area contributed by atoms with Gasteiger partial charge in [0.05, 0.1) is 6.04 Å². The van der Waals surface area contributed by atoms with E-state index in [1.54, 1.807) is 0 Å². The SMILES string of the molecule is CC1CC(=O)N(C2CCCNC2)N1. The Morgan fingerprint density at radius 3 is 2.92 bits per heavy atom. The summed E-state index contributed by atoms with van der Waals surface area (Å²) in [7, 11) is 0. The molecule has 0 spiro atoms. The molecule has 2 atom stereocenters. The van der Waals surface area contributed by atoms with Crippen LogP contribution in [0.4, 0.5) is 0 Å². The average molecular weight is 183 g/mol. The van der Waals surface area contributed by atoms with Gasteiger partial charge in [0, 0.05) is 19.0 Å². The highest BCUT2D eigenvalue weighted by Crippen LogP contribution is 2.15. The zero-order valence-corrected chi connectivity index (χ0v) is 8.05. The molecule has 2 N–H and O–H groups in total. The average Bonchev–Trinajstić information content (AvgIpc) is 2.47. The Kier molecular flexibility index (Phi) is 2.51. The van der Waals surface area contributed by atoms with Crippen LogP contribution in [0.5, 0.6) is 0 Å². The van der Waals surface area contributed by atoms with Gasteiger partial charge in [0.25, 0.3) is 0 Å². The maximum atomic E-state index is 11.5. The van der Waals surface area contributed by atoms with Crippen molar-refractivity contribution in [2.45, 2.75) is 38.3 Å². The second-order valence-electron chi connectivity index (χ2n) is 4.00. The van der Waals surface area contributed by atoms with Gasteiger partial charge in [0.2, 0.25) is 5.91 Å². The van der Waals surface area contributed by atoms with Crippen LogP contribution in [0.25, 0.3) is 0 Å². The fourth-order valence-electron chi connectivity index (χ4n) is 2.08. The van der Waals surface area contributed by atoms with E-state index in [9.17, 15) is 4.79 Å². The van der Waals surface area contributed by atoms with Crippen LogP contribution < -0.4 is 10.7 Å². The Labute approximate surface area is 78.6 Å². The highest BCUT2D eigenvalue weighted by Gasteiger charge is 2.32. The second kappa shape index (κ2) is 3.64. The standard InChI is InChI=1S/C9H17N3O/c1-7-5-9(13)12(11-7)8-3-2-4-10-6-8/h7-8,10-11H,2-6H2,1H3. The van der Waals surface area contributed by atoms with Gasteiger partial charge in [-0.15, -0.1) is 0 Å².